The highest BCUT2D eigenvalue weighted by molar-refractivity contribution is 5.74. The van der Waals surface area contributed by atoms with Crippen molar-refractivity contribution in [3.8, 4) is 5.75 Å². The summed E-state index contributed by atoms with van der Waals surface area (Å²) in [5, 5.41) is 0. The zero-order valence-electron chi connectivity index (χ0n) is 15.0. The van der Waals surface area contributed by atoms with Crippen molar-refractivity contribution in [2.24, 2.45) is 11.8 Å². The lowest BCUT2D eigenvalue weighted by Crippen LogP contribution is -2.68. The van der Waals surface area contributed by atoms with Gasteiger partial charge in [0.2, 0.25) is 0 Å². The lowest BCUT2D eigenvalue weighted by Gasteiger charge is -2.63. The predicted molar refractivity (Wildman–Crippen MR) is 92.2 cm³/mol. The van der Waals surface area contributed by atoms with Gasteiger partial charge in [-0.3, -0.25) is 9.69 Å². The molecule has 1 saturated carbocycles. The summed E-state index contributed by atoms with van der Waals surface area (Å²) in [6.45, 7) is 4.75. The summed E-state index contributed by atoms with van der Waals surface area (Å²) in [5.41, 5.74) is 3.01. The van der Waals surface area contributed by atoms with Gasteiger partial charge in [0, 0.05) is 12.1 Å². The molecule has 4 heteroatoms. The highest BCUT2D eigenvalue weighted by Crippen LogP contribution is 2.58. The van der Waals surface area contributed by atoms with E-state index in [0.29, 0.717) is 18.6 Å². The number of carbonyl (C=O) groups is 1. The second kappa shape index (κ2) is 5.48. The lowest BCUT2D eigenvalue weighted by atomic mass is 9.50. The molecule has 1 aromatic rings. The highest BCUT2D eigenvalue weighted by Gasteiger charge is 2.60. The molecule has 5 atom stereocenters. The van der Waals surface area contributed by atoms with Crippen LogP contribution in [0.25, 0.3) is 0 Å². The minimum Gasteiger partial charge on any atom is -0.497 e. The van der Waals surface area contributed by atoms with E-state index in [9.17, 15) is 4.79 Å². The Bertz CT molecular complexity index is 673. The zero-order chi connectivity index (χ0) is 17.1. The summed E-state index contributed by atoms with van der Waals surface area (Å²) in [4.78, 5) is 14.9. The molecule has 4 nitrogen and oxygen atoms in total. The van der Waals surface area contributed by atoms with E-state index in [1.54, 1.807) is 7.11 Å². The molecule has 5 rings (SSSR count). The third-order valence-corrected chi connectivity index (χ3v) is 6.89. The smallest absolute Gasteiger partial charge is 0.310 e. The zero-order valence-corrected chi connectivity index (χ0v) is 15.0. The fourth-order valence-corrected chi connectivity index (χ4v) is 5.67. The first kappa shape index (κ1) is 15.9. The number of likely N-dealkylation sites (N-methyl/N-ethyl adjacent to an activating group) is 1. The molecule has 0 aromatic heterocycles. The number of hydrogen-bond acceptors (Lipinski definition) is 4. The fourth-order valence-electron chi connectivity index (χ4n) is 5.67. The Balaban J connectivity index is 1.74. The number of ether oxygens (including phenoxy) is 2. The SMILES string of the molecule is CCOC(=O)C1CC2C3Cc4ccc(OC)cc4[C@]2(C)CC1N3C. The molecule has 0 radical (unpaired) electrons. The maximum absolute atomic E-state index is 12.4. The Kier molecular flexibility index (Phi) is 3.64. The first-order valence-corrected chi connectivity index (χ1v) is 9.05. The monoisotopic (exact) mass is 329 g/mol. The number of methoxy groups -OCH3 is 1. The summed E-state index contributed by atoms with van der Waals surface area (Å²) in [6.07, 6.45) is 3.04. The van der Waals surface area contributed by atoms with Crippen molar-refractivity contribution in [2.75, 3.05) is 20.8 Å². The molecule has 4 bridgehead atoms. The summed E-state index contributed by atoms with van der Waals surface area (Å²) >= 11 is 0. The molecule has 0 spiro atoms. The van der Waals surface area contributed by atoms with E-state index in [2.05, 4.69) is 37.1 Å². The van der Waals surface area contributed by atoms with Crippen LogP contribution in [0.2, 0.25) is 0 Å². The van der Waals surface area contributed by atoms with E-state index in [4.69, 9.17) is 9.47 Å². The largest absolute Gasteiger partial charge is 0.497 e. The van der Waals surface area contributed by atoms with Gasteiger partial charge in [0.05, 0.1) is 19.6 Å². The van der Waals surface area contributed by atoms with Gasteiger partial charge >= 0.3 is 5.97 Å². The minimum absolute atomic E-state index is 0.00807. The lowest BCUT2D eigenvalue weighted by molar-refractivity contribution is -0.164. The Morgan fingerprint density at radius 1 is 1.38 bits per heavy atom. The Labute approximate surface area is 144 Å². The number of hydrogen-bond donors (Lipinski definition) is 0. The van der Waals surface area contributed by atoms with Crippen molar-refractivity contribution in [2.45, 2.75) is 50.6 Å². The predicted octanol–water partition coefficient (Wildman–Crippen LogP) is 2.78. The van der Waals surface area contributed by atoms with Crippen LogP contribution in [0.3, 0.4) is 0 Å². The van der Waals surface area contributed by atoms with Crippen molar-refractivity contribution >= 4 is 5.97 Å². The standard InChI is InChI=1S/C20H27NO3/c1-5-24-19(22)14-10-16-17-8-12-6-7-13(23-4)9-15(12)20(16,2)11-18(14)21(17)3/h6-7,9,14,16-18H,5,8,10-11H2,1-4H3/t14?,16?,17?,18?,20-/m0/s1. The average molecular weight is 329 g/mol. The Hall–Kier alpha value is -1.55. The molecular weight excluding hydrogens is 302 g/mol. The molecule has 2 heterocycles. The molecule has 0 N–H and O–H groups in total. The third-order valence-electron chi connectivity index (χ3n) is 6.89. The summed E-state index contributed by atoms with van der Waals surface area (Å²) in [7, 11) is 3.93. The van der Waals surface area contributed by atoms with Crippen LogP contribution in [0, 0.1) is 11.8 Å². The number of benzene rings is 1. The van der Waals surface area contributed by atoms with Crippen LogP contribution in [0.15, 0.2) is 18.2 Å². The van der Waals surface area contributed by atoms with Gasteiger partial charge in [-0.2, -0.15) is 0 Å². The molecule has 2 aliphatic carbocycles. The topological polar surface area (TPSA) is 38.8 Å². The van der Waals surface area contributed by atoms with Gasteiger partial charge < -0.3 is 9.47 Å². The van der Waals surface area contributed by atoms with Crippen molar-refractivity contribution < 1.29 is 14.3 Å². The van der Waals surface area contributed by atoms with E-state index in [0.717, 1.165) is 25.0 Å². The second-order valence-electron chi connectivity index (χ2n) is 7.85. The first-order chi connectivity index (χ1) is 11.5. The van der Waals surface area contributed by atoms with Crippen molar-refractivity contribution in [1.29, 1.82) is 0 Å². The average Bonchev–Trinajstić information content (AvgIpc) is 2.58. The second-order valence-corrected chi connectivity index (χ2v) is 7.85. The number of fused-ring (bicyclic) bond motifs is 2. The Morgan fingerprint density at radius 2 is 2.17 bits per heavy atom. The van der Waals surface area contributed by atoms with E-state index in [1.165, 1.54) is 11.1 Å². The molecular formula is C20H27NO3. The minimum atomic E-state index is -0.00807. The van der Waals surface area contributed by atoms with Gasteiger partial charge in [-0.05, 0) is 67.8 Å². The summed E-state index contributed by atoms with van der Waals surface area (Å²) in [6, 6.07) is 7.34. The third kappa shape index (κ3) is 2.05. The molecule has 130 valence electrons. The Morgan fingerprint density at radius 3 is 2.88 bits per heavy atom. The molecule has 3 fully saturated rings. The maximum Gasteiger partial charge on any atom is 0.310 e. The van der Waals surface area contributed by atoms with Gasteiger partial charge in [-0.25, -0.2) is 0 Å². The van der Waals surface area contributed by atoms with Crippen molar-refractivity contribution in [3.05, 3.63) is 29.3 Å². The molecule has 2 aliphatic heterocycles. The van der Waals surface area contributed by atoms with Gasteiger partial charge in [-0.1, -0.05) is 13.0 Å². The quantitative estimate of drug-likeness (QED) is 0.800. The number of piperidine rings is 2. The van der Waals surface area contributed by atoms with Crippen LogP contribution >= 0.6 is 0 Å². The first-order valence-electron chi connectivity index (χ1n) is 9.05. The summed E-state index contributed by atoms with van der Waals surface area (Å²) in [5.74, 6) is 1.45. The molecule has 24 heavy (non-hydrogen) atoms. The number of nitrogens with zero attached hydrogens (tertiary/aromatic N) is 1. The van der Waals surface area contributed by atoms with Crippen LogP contribution in [0.1, 0.15) is 37.8 Å². The van der Waals surface area contributed by atoms with Crippen LogP contribution < -0.4 is 4.74 Å². The van der Waals surface area contributed by atoms with E-state index in [1.807, 2.05) is 6.92 Å². The van der Waals surface area contributed by atoms with Crippen LogP contribution in [0.4, 0.5) is 0 Å². The van der Waals surface area contributed by atoms with Crippen molar-refractivity contribution in [1.82, 2.24) is 4.90 Å². The van der Waals surface area contributed by atoms with E-state index >= 15 is 0 Å². The maximum atomic E-state index is 12.4. The normalized spacial score (nSPS) is 37.0. The van der Waals surface area contributed by atoms with Gasteiger partial charge in [0.1, 0.15) is 5.75 Å². The molecule has 4 aliphatic rings. The van der Waals surface area contributed by atoms with Crippen molar-refractivity contribution in [3.63, 3.8) is 0 Å². The molecule has 0 amide bonds. The molecule has 2 saturated heterocycles. The number of carbonyl (C=O) groups excluding carboxylic acids is 1. The molecule has 4 unspecified atom stereocenters. The highest BCUT2D eigenvalue weighted by atomic mass is 16.5. The van der Waals surface area contributed by atoms with Crippen LogP contribution in [0.5, 0.6) is 5.75 Å². The summed E-state index contributed by atoms with van der Waals surface area (Å²) < 4.78 is 10.8. The number of esters is 1. The van der Waals surface area contributed by atoms with Gasteiger partial charge in [0.25, 0.3) is 0 Å². The van der Waals surface area contributed by atoms with Crippen LogP contribution in [-0.2, 0) is 21.4 Å². The van der Waals surface area contributed by atoms with Gasteiger partial charge in [-0.15, -0.1) is 0 Å². The van der Waals surface area contributed by atoms with Crippen LogP contribution in [-0.4, -0.2) is 43.7 Å². The number of rotatable bonds is 3. The van der Waals surface area contributed by atoms with E-state index in [-0.39, 0.29) is 23.3 Å². The molecule has 1 aromatic carbocycles. The van der Waals surface area contributed by atoms with Gasteiger partial charge in [0.15, 0.2) is 0 Å². The fraction of sp³-hybridized carbons (Fsp3) is 0.650. The van der Waals surface area contributed by atoms with E-state index < -0.39 is 0 Å².